The van der Waals surface area contributed by atoms with Gasteiger partial charge in [0.25, 0.3) is 5.56 Å². The fraction of sp³-hybridized carbons (Fsp3) is 0.385. The third-order valence-corrected chi connectivity index (χ3v) is 6.32. The predicted molar refractivity (Wildman–Crippen MR) is 126 cm³/mol. The highest BCUT2D eigenvalue weighted by Crippen LogP contribution is 2.29. The summed E-state index contributed by atoms with van der Waals surface area (Å²) in [5, 5.41) is 15.1. The third-order valence-electron chi connectivity index (χ3n) is 6.32. The van der Waals surface area contributed by atoms with Gasteiger partial charge in [0, 0.05) is 29.1 Å². The van der Waals surface area contributed by atoms with Gasteiger partial charge in [0.15, 0.2) is 0 Å². The van der Waals surface area contributed by atoms with Crippen LogP contribution in [-0.4, -0.2) is 28.3 Å². The second kappa shape index (κ2) is 9.57. The van der Waals surface area contributed by atoms with Gasteiger partial charge in [-0.05, 0) is 55.2 Å². The third kappa shape index (κ3) is 5.02. The molecule has 4 rings (SSSR count). The van der Waals surface area contributed by atoms with E-state index in [2.05, 4.69) is 5.32 Å². The van der Waals surface area contributed by atoms with Crippen molar-refractivity contribution < 1.29 is 14.6 Å². The molecule has 1 fully saturated rings. The van der Waals surface area contributed by atoms with Crippen LogP contribution in [0.5, 0.6) is 5.75 Å². The minimum absolute atomic E-state index is 0.110. The second-order valence-electron chi connectivity index (χ2n) is 8.70. The van der Waals surface area contributed by atoms with Crippen molar-refractivity contribution in [1.82, 2.24) is 4.57 Å². The standard InChI is InChI=1S/C26H30N2O4/c1-32-20-8-5-7-19(17-20)11-12-24(29)27-23-10-6-9-22-21(23)13-16-28(25(22)30)18-26(31)14-3-2-4-15-26/h5-10,13,16-17,31H,2-4,11-12,14-15,18H2,1H3,(H,27,29). The number of aromatic nitrogens is 1. The van der Waals surface area contributed by atoms with Gasteiger partial charge in [0.1, 0.15) is 5.75 Å². The van der Waals surface area contributed by atoms with E-state index >= 15 is 0 Å². The Kier molecular flexibility index (Phi) is 6.61. The number of pyridine rings is 1. The van der Waals surface area contributed by atoms with Crippen molar-refractivity contribution in [3.8, 4) is 5.75 Å². The highest BCUT2D eigenvalue weighted by molar-refractivity contribution is 6.01. The molecule has 0 atom stereocenters. The van der Waals surface area contributed by atoms with Crippen molar-refractivity contribution in [3.05, 3.63) is 70.6 Å². The van der Waals surface area contributed by atoms with Crippen LogP contribution >= 0.6 is 0 Å². The molecule has 32 heavy (non-hydrogen) atoms. The maximum atomic E-state index is 13.1. The van der Waals surface area contributed by atoms with Crippen molar-refractivity contribution in [1.29, 1.82) is 0 Å². The maximum absolute atomic E-state index is 13.1. The van der Waals surface area contributed by atoms with Crippen molar-refractivity contribution in [2.45, 2.75) is 57.1 Å². The van der Waals surface area contributed by atoms with Crippen LogP contribution in [0.25, 0.3) is 10.8 Å². The number of nitrogens with one attached hydrogen (secondary N) is 1. The fourth-order valence-corrected chi connectivity index (χ4v) is 4.54. The monoisotopic (exact) mass is 434 g/mol. The van der Waals surface area contributed by atoms with E-state index in [0.717, 1.165) is 43.4 Å². The Labute approximate surface area is 187 Å². The molecule has 2 N–H and O–H groups in total. The van der Waals surface area contributed by atoms with Gasteiger partial charge in [0.05, 0.1) is 19.3 Å². The summed E-state index contributed by atoms with van der Waals surface area (Å²) in [6.45, 7) is 0.304. The first kappa shape index (κ1) is 22.1. The first-order chi connectivity index (χ1) is 15.5. The maximum Gasteiger partial charge on any atom is 0.258 e. The molecule has 1 aromatic heterocycles. The molecule has 0 saturated heterocycles. The largest absolute Gasteiger partial charge is 0.497 e. The normalized spacial score (nSPS) is 15.4. The second-order valence-corrected chi connectivity index (χ2v) is 8.70. The summed E-state index contributed by atoms with van der Waals surface area (Å²) in [5.41, 5.74) is 0.690. The number of aryl methyl sites for hydroxylation is 1. The first-order valence-electron chi connectivity index (χ1n) is 11.2. The number of ether oxygens (including phenoxy) is 1. The van der Waals surface area contributed by atoms with Gasteiger partial charge in [-0.25, -0.2) is 0 Å². The minimum atomic E-state index is -0.818. The highest BCUT2D eigenvalue weighted by atomic mass is 16.5. The molecule has 0 aliphatic heterocycles. The van der Waals surface area contributed by atoms with Crippen LogP contribution in [0.3, 0.4) is 0 Å². The van der Waals surface area contributed by atoms with Crippen molar-refractivity contribution in [3.63, 3.8) is 0 Å². The summed E-state index contributed by atoms with van der Waals surface area (Å²) >= 11 is 0. The number of anilines is 1. The van der Waals surface area contributed by atoms with Gasteiger partial charge >= 0.3 is 0 Å². The Morgan fingerprint density at radius 3 is 2.66 bits per heavy atom. The average Bonchev–Trinajstić information content (AvgIpc) is 2.80. The molecule has 0 bridgehead atoms. The molecule has 1 amide bonds. The molecule has 1 saturated carbocycles. The number of aliphatic hydroxyl groups is 1. The van der Waals surface area contributed by atoms with Crippen molar-refractivity contribution in [2.24, 2.45) is 0 Å². The van der Waals surface area contributed by atoms with Crippen LogP contribution in [0, 0.1) is 0 Å². The lowest BCUT2D eigenvalue weighted by molar-refractivity contribution is -0.116. The Morgan fingerprint density at radius 2 is 1.88 bits per heavy atom. The number of fused-ring (bicyclic) bond motifs is 1. The summed E-state index contributed by atoms with van der Waals surface area (Å²) in [6, 6.07) is 14.9. The lowest BCUT2D eigenvalue weighted by Crippen LogP contribution is -2.39. The van der Waals surface area contributed by atoms with E-state index in [1.165, 1.54) is 0 Å². The van der Waals surface area contributed by atoms with Crippen LogP contribution in [0.1, 0.15) is 44.1 Å². The van der Waals surface area contributed by atoms with Crippen LogP contribution in [-0.2, 0) is 17.8 Å². The van der Waals surface area contributed by atoms with Crippen molar-refractivity contribution >= 4 is 22.4 Å². The van der Waals surface area contributed by atoms with E-state index in [1.54, 1.807) is 30.0 Å². The van der Waals surface area contributed by atoms with Crippen LogP contribution in [0.2, 0.25) is 0 Å². The molecule has 0 spiro atoms. The van der Waals surface area contributed by atoms with Gasteiger partial charge in [-0.3, -0.25) is 9.59 Å². The predicted octanol–water partition coefficient (Wildman–Crippen LogP) is 4.28. The summed E-state index contributed by atoms with van der Waals surface area (Å²) in [5.74, 6) is 0.659. The Hall–Kier alpha value is -3.12. The number of benzene rings is 2. The zero-order chi connectivity index (χ0) is 22.6. The van der Waals surface area contributed by atoms with E-state index < -0.39 is 5.60 Å². The Morgan fingerprint density at radius 1 is 1.09 bits per heavy atom. The summed E-state index contributed by atoms with van der Waals surface area (Å²) < 4.78 is 6.83. The SMILES string of the molecule is COc1cccc(CCC(=O)Nc2cccc3c(=O)n(CC4(O)CCCCC4)ccc23)c1. The van der Waals surface area contributed by atoms with Crippen molar-refractivity contribution in [2.75, 3.05) is 12.4 Å². The average molecular weight is 435 g/mol. The van der Waals surface area contributed by atoms with E-state index in [4.69, 9.17) is 4.74 Å². The number of hydrogen-bond acceptors (Lipinski definition) is 4. The molecule has 0 unspecified atom stereocenters. The van der Waals surface area contributed by atoms with Gasteiger partial charge < -0.3 is 19.7 Å². The Balaban J connectivity index is 1.49. The minimum Gasteiger partial charge on any atom is -0.497 e. The topological polar surface area (TPSA) is 80.6 Å². The number of carbonyl (C=O) groups is 1. The molecule has 1 aliphatic carbocycles. The smallest absolute Gasteiger partial charge is 0.258 e. The number of amides is 1. The molecule has 168 valence electrons. The van der Waals surface area contributed by atoms with Gasteiger partial charge in [-0.2, -0.15) is 0 Å². The molecular weight excluding hydrogens is 404 g/mol. The van der Waals surface area contributed by atoms with Crippen LogP contribution in [0.4, 0.5) is 5.69 Å². The number of methoxy groups -OCH3 is 1. The highest BCUT2D eigenvalue weighted by Gasteiger charge is 2.30. The summed E-state index contributed by atoms with van der Waals surface area (Å²) in [7, 11) is 1.62. The van der Waals surface area contributed by atoms with Crippen LogP contribution in [0.15, 0.2) is 59.5 Å². The molecule has 0 radical (unpaired) electrons. The lowest BCUT2D eigenvalue weighted by Gasteiger charge is -2.32. The summed E-state index contributed by atoms with van der Waals surface area (Å²) in [6.07, 6.45) is 7.21. The summed E-state index contributed by atoms with van der Waals surface area (Å²) in [4.78, 5) is 25.7. The molecule has 3 aromatic rings. The van der Waals surface area contributed by atoms with Gasteiger partial charge in [0.2, 0.25) is 5.91 Å². The Bertz CT molecular complexity index is 1160. The number of nitrogens with zero attached hydrogens (tertiary/aromatic N) is 1. The van der Waals surface area contributed by atoms with Gasteiger partial charge in [-0.1, -0.05) is 37.5 Å². The zero-order valence-corrected chi connectivity index (χ0v) is 18.5. The molecule has 1 aliphatic rings. The van der Waals surface area contributed by atoms with E-state index in [1.807, 2.05) is 36.4 Å². The fourth-order valence-electron chi connectivity index (χ4n) is 4.54. The molecule has 1 heterocycles. The quantitative estimate of drug-likeness (QED) is 0.582. The number of carbonyl (C=O) groups excluding carboxylic acids is 1. The van der Waals surface area contributed by atoms with E-state index in [-0.39, 0.29) is 11.5 Å². The van der Waals surface area contributed by atoms with Gasteiger partial charge in [-0.15, -0.1) is 0 Å². The van der Waals surface area contributed by atoms with Crippen LogP contribution < -0.4 is 15.6 Å². The van der Waals surface area contributed by atoms with E-state index in [9.17, 15) is 14.7 Å². The first-order valence-corrected chi connectivity index (χ1v) is 11.2. The number of hydrogen-bond donors (Lipinski definition) is 2. The van der Waals surface area contributed by atoms with E-state index in [0.29, 0.717) is 35.8 Å². The molecular formula is C26H30N2O4. The molecule has 6 nitrogen and oxygen atoms in total. The molecule has 6 heteroatoms. The molecule has 2 aromatic carbocycles. The number of rotatable bonds is 7. The zero-order valence-electron chi connectivity index (χ0n) is 18.5. The lowest BCUT2D eigenvalue weighted by atomic mass is 9.85.